The van der Waals surface area contributed by atoms with Gasteiger partial charge >= 0.3 is 0 Å². The van der Waals surface area contributed by atoms with Crippen LogP contribution < -0.4 is 5.73 Å². The van der Waals surface area contributed by atoms with E-state index >= 15 is 0 Å². The molecule has 1 fully saturated rings. The maximum absolute atomic E-state index is 6.12. The van der Waals surface area contributed by atoms with Gasteiger partial charge in [-0.25, -0.2) is 4.98 Å². The summed E-state index contributed by atoms with van der Waals surface area (Å²) in [6.07, 6.45) is 8.85. The first-order chi connectivity index (χ1) is 7.25. The third-order valence-corrected chi connectivity index (χ3v) is 4.21. The van der Waals surface area contributed by atoms with Gasteiger partial charge in [0.2, 0.25) is 0 Å². The summed E-state index contributed by atoms with van der Waals surface area (Å²) in [5.41, 5.74) is 6.12. The standard InChI is InChI=1S/C11H17N3S/c1-8-2-3-9(12)10(6-8)15-11-7-13-4-5-14-11/h4-5,7-10H,2-3,6,12H2,1H3. The molecule has 0 spiro atoms. The van der Waals surface area contributed by atoms with Gasteiger partial charge in [-0.05, 0) is 25.2 Å². The maximum atomic E-state index is 6.12. The van der Waals surface area contributed by atoms with Gasteiger partial charge in [0, 0.05) is 23.7 Å². The van der Waals surface area contributed by atoms with Gasteiger partial charge in [0.05, 0.1) is 6.20 Å². The van der Waals surface area contributed by atoms with E-state index in [0.717, 1.165) is 17.4 Å². The molecule has 15 heavy (non-hydrogen) atoms. The molecule has 0 aromatic carbocycles. The fraction of sp³-hybridized carbons (Fsp3) is 0.636. The van der Waals surface area contributed by atoms with E-state index in [1.54, 1.807) is 24.2 Å². The van der Waals surface area contributed by atoms with Gasteiger partial charge in [-0.1, -0.05) is 18.7 Å². The van der Waals surface area contributed by atoms with Crippen LogP contribution in [0.1, 0.15) is 26.2 Å². The number of aromatic nitrogens is 2. The molecule has 1 aromatic heterocycles. The molecule has 1 saturated carbocycles. The molecule has 3 nitrogen and oxygen atoms in total. The van der Waals surface area contributed by atoms with Crippen molar-refractivity contribution in [3.63, 3.8) is 0 Å². The van der Waals surface area contributed by atoms with Gasteiger partial charge < -0.3 is 5.73 Å². The predicted octanol–water partition coefficient (Wildman–Crippen LogP) is 2.08. The van der Waals surface area contributed by atoms with Crippen molar-refractivity contribution < 1.29 is 0 Å². The van der Waals surface area contributed by atoms with Crippen LogP contribution in [-0.2, 0) is 0 Å². The fourth-order valence-corrected chi connectivity index (χ4v) is 3.28. The van der Waals surface area contributed by atoms with Gasteiger partial charge in [-0.2, -0.15) is 0 Å². The van der Waals surface area contributed by atoms with E-state index in [9.17, 15) is 0 Å². The highest BCUT2D eigenvalue weighted by Gasteiger charge is 2.26. The Kier molecular flexibility index (Phi) is 3.59. The Morgan fingerprint density at radius 1 is 1.40 bits per heavy atom. The van der Waals surface area contributed by atoms with Crippen LogP contribution in [0.4, 0.5) is 0 Å². The predicted molar refractivity (Wildman–Crippen MR) is 62.7 cm³/mol. The van der Waals surface area contributed by atoms with Crippen LogP contribution in [0.5, 0.6) is 0 Å². The molecule has 82 valence electrons. The van der Waals surface area contributed by atoms with E-state index in [4.69, 9.17) is 5.73 Å². The lowest BCUT2D eigenvalue weighted by Gasteiger charge is -2.31. The second kappa shape index (κ2) is 4.94. The average Bonchev–Trinajstić information content (AvgIpc) is 2.25. The zero-order valence-corrected chi connectivity index (χ0v) is 9.78. The van der Waals surface area contributed by atoms with Crippen molar-refractivity contribution in [3.05, 3.63) is 18.6 Å². The molecule has 2 N–H and O–H groups in total. The van der Waals surface area contributed by atoms with Crippen molar-refractivity contribution >= 4 is 11.8 Å². The summed E-state index contributed by atoms with van der Waals surface area (Å²) in [6, 6.07) is 0.313. The first-order valence-corrected chi connectivity index (χ1v) is 6.32. The number of rotatable bonds is 2. The number of hydrogen-bond donors (Lipinski definition) is 1. The second-order valence-corrected chi connectivity index (χ2v) is 5.54. The Hall–Kier alpha value is -0.610. The number of hydrogen-bond acceptors (Lipinski definition) is 4. The Bertz CT molecular complexity index is 304. The normalized spacial score (nSPS) is 31.5. The molecule has 0 radical (unpaired) electrons. The van der Waals surface area contributed by atoms with E-state index in [-0.39, 0.29) is 0 Å². The molecule has 0 bridgehead atoms. The molecule has 1 aromatic rings. The van der Waals surface area contributed by atoms with Crippen molar-refractivity contribution in [1.29, 1.82) is 0 Å². The van der Waals surface area contributed by atoms with E-state index in [0.29, 0.717) is 11.3 Å². The van der Waals surface area contributed by atoms with Crippen LogP contribution in [0.3, 0.4) is 0 Å². The summed E-state index contributed by atoms with van der Waals surface area (Å²) in [5.74, 6) is 0.791. The van der Waals surface area contributed by atoms with E-state index < -0.39 is 0 Å². The monoisotopic (exact) mass is 223 g/mol. The number of thioether (sulfide) groups is 1. The Morgan fingerprint density at radius 2 is 2.27 bits per heavy atom. The highest BCUT2D eigenvalue weighted by molar-refractivity contribution is 7.99. The van der Waals surface area contributed by atoms with Crippen molar-refractivity contribution in [1.82, 2.24) is 9.97 Å². The summed E-state index contributed by atoms with van der Waals surface area (Å²) in [6.45, 7) is 2.30. The molecule has 0 aliphatic heterocycles. The summed E-state index contributed by atoms with van der Waals surface area (Å²) in [4.78, 5) is 8.35. The minimum Gasteiger partial charge on any atom is -0.327 e. The van der Waals surface area contributed by atoms with Crippen molar-refractivity contribution in [2.45, 2.75) is 42.5 Å². The zero-order chi connectivity index (χ0) is 10.7. The molecule has 3 unspecified atom stereocenters. The van der Waals surface area contributed by atoms with E-state index in [1.807, 2.05) is 6.20 Å². The smallest absolute Gasteiger partial charge is 0.115 e. The lowest BCUT2D eigenvalue weighted by Crippen LogP contribution is -2.37. The molecule has 1 aliphatic rings. The van der Waals surface area contributed by atoms with Crippen LogP contribution in [0.15, 0.2) is 23.6 Å². The van der Waals surface area contributed by atoms with Crippen LogP contribution in [0, 0.1) is 5.92 Å². The summed E-state index contributed by atoms with van der Waals surface area (Å²) in [5, 5.41) is 1.50. The molecule has 0 amide bonds. The van der Waals surface area contributed by atoms with E-state index in [2.05, 4.69) is 16.9 Å². The van der Waals surface area contributed by atoms with Crippen LogP contribution in [0.25, 0.3) is 0 Å². The molecular weight excluding hydrogens is 206 g/mol. The van der Waals surface area contributed by atoms with Gasteiger partial charge in [-0.3, -0.25) is 4.98 Å². The van der Waals surface area contributed by atoms with Gasteiger partial charge in [-0.15, -0.1) is 0 Å². The molecule has 2 rings (SSSR count). The number of nitrogens with two attached hydrogens (primary N) is 1. The highest BCUT2D eigenvalue weighted by Crippen LogP contribution is 2.34. The average molecular weight is 223 g/mol. The minimum absolute atomic E-state index is 0.313. The summed E-state index contributed by atoms with van der Waals surface area (Å²) < 4.78 is 0. The quantitative estimate of drug-likeness (QED) is 0.834. The molecule has 0 saturated heterocycles. The second-order valence-electron chi connectivity index (χ2n) is 4.28. The third-order valence-electron chi connectivity index (χ3n) is 2.92. The first-order valence-electron chi connectivity index (χ1n) is 5.44. The van der Waals surface area contributed by atoms with Crippen molar-refractivity contribution in [2.75, 3.05) is 0 Å². The van der Waals surface area contributed by atoms with Gasteiger partial charge in [0.1, 0.15) is 5.03 Å². The minimum atomic E-state index is 0.313. The molecule has 4 heteroatoms. The lowest BCUT2D eigenvalue weighted by molar-refractivity contribution is 0.357. The highest BCUT2D eigenvalue weighted by atomic mass is 32.2. The summed E-state index contributed by atoms with van der Waals surface area (Å²) >= 11 is 1.78. The van der Waals surface area contributed by atoms with Crippen molar-refractivity contribution in [3.8, 4) is 0 Å². The Morgan fingerprint density at radius 3 is 3.00 bits per heavy atom. The van der Waals surface area contributed by atoms with Crippen LogP contribution in [-0.4, -0.2) is 21.3 Å². The SMILES string of the molecule is CC1CCC(N)C(Sc2cnccn2)C1. The maximum Gasteiger partial charge on any atom is 0.115 e. The Labute approximate surface area is 94.9 Å². The van der Waals surface area contributed by atoms with Crippen molar-refractivity contribution in [2.24, 2.45) is 11.7 Å². The first kappa shape index (κ1) is 10.9. The fourth-order valence-electron chi connectivity index (χ4n) is 1.99. The Balaban J connectivity index is 1.98. The molecule has 3 atom stereocenters. The van der Waals surface area contributed by atoms with Gasteiger partial charge in [0.25, 0.3) is 0 Å². The topological polar surface area (TPSA) is 51.8 Å². The van der Waals surface area contributed by atoms with Crippen LogP contribution in [0.2, 0.25) is 0 Å². The molecular formula is C11H17N3S. The zero-order valence-electron chi connectivity index (χ0n) is 8.97. The third kappa shape index (κ3) is 2.92. The van der Waals surface area contributed by atoms with E-state index in [1.165, 1.54) is 12.8 Å². The lowest BCUT2D eigenvalue weighted by atomic mass is 9.87. The van der Waals surface area contributed by atoms with Gasteiger partial charge in [0.15, 0.2) is 0 Å². The molecule has 1 aliphatic carbocycles. The van der Waals surface area contributed by atoms with Crippen LogP contribution >= 0.6 is 11.8 Å². The number of nitrogens with zero attached hydrogens (tertiary/aromatic N) is 2. The molecule has 1 heterocycles. The summed E-state index contributed by atoms with van der Waals surface area (Å²) in [7, 11) is 0. The largest absolute Gasteiger partial charge is 0.327 e.